The summed E-state index contributed by atoms with van der Waals surface area (Å²) >= 11 is 1.52. The van der Waals surface area contributed by atoms with Gasteiger partial charge >= 0.3 is 116 Å². The van der Waals surface area contributed by atoms with Gasteiger partial charge in [0.1, 0.15) is 0 Å². The molecule has 0 aromatic carbocycles. The monoisotopic (exact) mass is 377 g/mol. The Labute approximate surface area is 133 Å². The Morgan fingerprint density at radius 1 is 0.850 bits per heavy atom. The molecular weight excluding hydrogens is 365 g/mol. The summed E-state index contributed by atoms with van der Waals surface area (Å²) in [7, 11) is 4.12. The average molecular weight is 379 g/mol. The quantitative estimate of drug-likeness (QED) is 0.635. The minimum atomic E-state index is 0. The molecule has 4 rings (SSSR count). The van der Waals surface area contributed by atoms with Gasteiger partial charge in [-0.25, -0.2) is 0 Å². The van der Waals surface area contributed by atoms with E-state index in [9.17, 15) is 0 Å². The molecule has 0 radical (unpaired) electrons. The Hall–Kier alpha value is -1.46. The number of aromatic nitrogens is 1. The zero-order valence-electron chi connectivity index (χ0n) is 11.0. The first kappa shape index (κ1) is 13.5. The van der Waals surface area contributed by atoms with Gasteiger partial charge in [0.05, 0.1) is 0 Å². The molecule has 5 nitrogen and oxygen atoms in total. The zero-order chi connectivity index (χ0) is 13.0. The number of fused-ring (bicyclic) bond motifs is 6. The second-order valence-corrected chi connectivity index (χ2v) is 5.60. The summed E-state index contributed by atoms with van der Waals surface area (Å²) < 4.78 is 2.32. The second-order valence-electron chi connectivity index (χ2n) is 4.47. The summed E-state index contributed by atoms with van der Waals surface area (Å²) in [5.74, 6) is 1.90. The Morgan fingerprint density at radius 2 is 1.35 bits per heavy atom. The van der Waals surface area contributed by atoms with Gasteiger partial charge in [-0.1, -0.05) is 0 Å². The molecule has 7 heteroatoms. The first-order valence-corrected chi connectivity index (χ1v) is 6.93. The van der Waals surface area contributed by atoms with Gasteiger partial charge in [0.2, 0.25) is 0 Å². The van der Waals surface area contributed by atoms with Crippen LogP contribution in [-0.4, -0.2) is 38.4 Å². The third kappa shape index (κ3) is 1.85. The number of halogens is 1. The van der Waals surface area contributed by atoms with Crippen molar-refractivity contribution < 1.29 is 13.6 Å². The van der Waals surface area contributed by atoms with Gasteiger partial charge < -0.3 is 0 Å². The molecule has 0 spiro atoms. The Morgan fingerprint density at radius 3 is 1.85 bits per heavy atom. The van der Waals surface area contributed by atoms with E-state index in [-0.39, 0.29) is 17.0 Å². The maximum absolute atomic E-state index is 4.73. The van der Waals surface area contributed by atoms with Crippen LogP contribution in [-0.2, 0) is 13.6 Å². The molecule has 2 bridgehead atoms. The molecule has 0 saturated heterocycles. The SMILES string of the molecule is Br.CN1C=CN2[C]1=[Ni]=[C]1N(C)C=CN1c1cccc2n1. The Bertz CT molecular complexity index is 641. The number of rotatable bonds is 0. The summed E-state index contributed by atoms with van der Waals surface area (Å²) in [6, 6.07) is 6.11. The van der Waals surface area contributed by atoms with Crippen LogP contribution in [0.5, 0.6) is 0 Å². The molecule has 108 valence electrons. The molecule has 0 aliphatic carbocycles. The van der Waals surface area contributed by atoms with E-state index < -0.39 is 0 Å². The number of hydrogen-bond donors (Lipinski definition) is 0. The van der Waals surface area contributed by atoms with E-state index in [2.05, 4.69) is 58.5 Å². The summed E-state index contributed by atoms with van der Waals surface area (Å²) in [5.41, 5.74) is 0. The van der Waals surface area contributed by atoms with E-state index >= 15 is 0 Å². The number of nitrogens with zero attached hydrogens (tertiary/aromatic N) is 5. The van der Waals surface area contributed by atoms with Crippen molar-refractivity contribution in [2.45, 2.75) is 0 Å². The van der Waals surface area contributed by atoms with Gasteiger partial charge in [0.25, 0.3) is 0 Å². The van der Waals surface area contributed by atoms with Crippen molar-refractivity contribution in [2.75, 3.05) is 23.9 Å². The van der Waals surface area contributed by atoms with Gasteiger partial charge in [0, 0.05) is 0 Å². The Kier molecular flexibility index (Phi) is 3.26. The molecule has 0 N–H and O–H groups in total. The number of anilines is 2. The van der Waals surface area contributed by atoms with Gasteiger partial charge in [-0.2, -0.15) is 0 Å². The molecule has 0 amide bonds. The van der Waals surface area contributed by atoms with E-state index in [1.807, 2.05) is 18.2 Å². The predicted molar refractivity (Wildman–Crippen MR) is 83.3 cm³/mol. The molecule has 0 unspecified atom stereocenters. The van der Waals surface area contributed by atoms with Crippen molar-refractivity contribution in [3.05, 3.63) is 43.0 Å². The first-order valence-electron chi connectivity index (χ1n) is 5.94. The fourth-order valence-corrected chi connectivity index (χ4v) is 3.46. The Balaban J connectivity index is 0.00000121. The zero-order valence-corrected chi connectivity index (χ0v) is 13.7. The van der Waals surface area contributed by atoms with Crippen LogP contribution in [0.25, 0.3) is 0 Å². The van der Waals surface area contributed by atoms with Crippen molar-refractivity contribution in [3.63, 3.8) is 0 Å². The van der Waals surface area contributed by atoms with Crippen molar-refractivity contribution in [1.29, 1.82) is 0 Å². The topological polar surface area (TPSA) is 25.9 Å². The normalized spacial score (nSPS) is 19.3. The number of pyridine rings is 1. The van der Waals surface area contributed by atoms with Crippen LogP contribution in [0.4, 0.5) is 11.6 Å². The molecular formula is C13H14BrN5Ni. The van der Waals surface area contributed by atoms with Crippen molar-refractivity contribution >= 4 is 38.1 Å². The van der Waals surface area contributed by atoms with Gasteiger partial charge in [-0.05, 0) is 0 Å². The predicted octanol–water partition coefficient (Wildman–Crippen LogP) is 1.38. The third-order valence-electron chi connectivity index (χ3n) is 3.14. The van der Waals surface area contributed by atoms with Gasteiger partial charge in [0.15, 0.2) is 0 Å². The van der Waals surface area contributed by atoms with Crippen LogP contribution in [0.3, 0.4) is 0 Å². The first-order chi connectivity index (χ1) is 9.24. The van der Waals surface area contributed by atoms with Gasteiger partial charge in [-0.15, -0.1) is 17.0 Å². The van der Waals surface area contributed by atoms with Crippen LogP contribution in [0.2, 0.25) is 0 Å². The van der Waals surface area contributed by atoms with E-state index in [0.717, 1.165) is 21.1 Å². The minimum absolute atomic E-state index is 0. The van der Waals surface area contributed by atoms with Gasteiger partial charge in [-0.3, -0.25) is 0 Å². The van der Waals surface area contributed by atoms with Crippen LogP contribution in [0.1, 0.15) is 0 Å². The van der Waals surface area contributed by atoms with E-state index in [1.165, 1.54) is 13.6 Å². The number of hydrogen-bond acceptors (Lipinski definition) is 5. The average Bonchev–Trinajstić information content (AvgIpc) is 2.95. The molecule has 3 aliphatic rings. The molecule has 1 aromatic heterocycles. The van der Waals surface area contributed by atoms with Crippen LogP contribution < -0.4 is 9.80 Å². The van der Waals surface area contributed by atoms with Crippen LogP contribution in [0, 0.1) is 0 Å². The van der Waals surface area contributed by atoms with Crippen molar-refractivity contribution in [2.24, 2.45) is 0 Å². The summed E-state index contributed by atoms with van der Waals surface area (Å²) in [6.07, 6.45) is 8.22. The van der Waals surface area contributed by atoms with Crippen LogP contribution >= 0.6 is 17.0 Å². The standard InChI is InChI=1S/C13H13N5.BrH.Ni/c1-15-6-8-17(10-15)12-4-3-5-13(14-12)18-9-7-16(2)11-18;;/h3-9H,1-2H3;1H;. The fourth-order valence-electron chi connectivity index (χ4n) is 2.16. The van der Waals surface area contributed by atoms with E-state index in [0.29, 0.717) is 0 Å². The van der Waals surface area contributed by atoms with Crippen molar-refractivity contribution in [1.82, 2.24) is 14.8 Å². The molecule has 1 aromatic rings. The summed E-state index contributed by atoms with van der Waals surface area (Å²) in [6.45, 7) is 0. The molecule has 0 atom stereocenters. The van der Waals surface area contributed by atoms with Crippen molar-refractivity contribution in [3.8, 4) is 0 Å². The maximum atomic E-state index is 4.73. The fraction of sp³-hybridized carbons (Fsp3) is 0.154. The third-order valence-corrected chi connectivity index (χ3v) is 4.75. The summed E-state index contributed by atoms with van der Waals surface area (Å²) in [4.78, 5) is 13.2. The second kappa shape index (κ2) is 4.83. The van der Waals surface area contributed by atoms with E-state index in [4.69, 9.17) is 4.98 Å². The van der Waals surface area contributed by atoms with E-state index in [1.54, 1.807) is 0 Å². The summed E-state index contributed by atoms with van der Waals surface area (Å²) in [5, 5.41) is 0. The van der Waals surface area contributed by atoms with Crippen LogP contribution in [0.15, 0.2) is 43.0 Å². The molecule has 0 saturated carbocycles. The molecule has 0 fully saturated rings. The molecule has 20 heavy (non-hydrogen) atoms. The molecule has 3 aliphatic heterocycles. The molecule has 4 heterocycles.